The molecule has 0 saturated heterocycles. The predicted octanol–water partition coefficient (Wildman–Crippen LogP) is 3.04. The van der Waals surface area contributed by atoms with Crippen molar-refractivity contribution in [1.82, 2.24) is 14.9 Å². The summed E-state index contributed by atoms with van der Waals surface area (Å²) in [5.74, 6) is 0.104. The molecule has 0 radical (unpaired) electrons. The molecule has 0 unspecified atom stereocenters. The van der Waals surface area contributed by atoms with Crippen LogP contribution in [0.4, 0.5) is 0 Å². The Morgan fingerprint density at radius 2 is 2.08 bits per heavy atom. The van der Waals surface area contributed by atoms with E-state index < -0.39 is 0 Å². The molecule has 0 aromatic carbocycles. The summed E-state index contributed by atoms with van der Waals surface area (Å²) in [7, 11) is 0. The Bertz CT molecular complexity index is 790. The van der Waals surface area contributed by atoms with Crippen LogP contribution in [0.5, 0.6) is 0 Å². The second kappa shape index (κ2) is 7.75. The van der Waals surface area contributed by atoms with Crippen LogP contribution < -0.4 is 10.9 Å². The quantitative estimate of drug-likeness (QED) is 0.873. The van der Waals surface area contributed by atoms with Crippen LogP contribution in [0.3, 0.4) is 0 Å². The van der Waals surface area contributed by atoms with Gasteiger partial charge < -0.3 is 9.88 Å². The molecule has 0 bridgehead atoms. The minimum atomic E-state index is -0.305. The number of carbonyl (C=O) groups excluding carboxylic acids is 1. The number of pyridine rings is 1. The normalized spacial score (nSPS) is 11.1. The van der Waals surface area contributed by atoms with Crippen LogP contribution in [0.1, 0.15) is 59.0 Å². The third-order valence-electron chi connectivity index (χ3n) is 4.03. The zero-order valence-corrected chi connectivity index (χ0v) is 15.8. The molecule has 0 aliphatic carbocycles. The number of aromatic nitrogens is 2. The first-order valence-corrected chi connectivity index (χ1v) is 9.16. The molecule has 0 aliphatic rings. The van der Waals surface area contributed by atoms with Crippen LogP contribution in [-0.4, -0.2) is 22.0 Å². The van der Waals surface area contributed by atoms with Crippen LogP contribution in [-0.2, 0) is 13.0 Å². The fraction of sp³-hybridized carbons (Fsp3) is 0.500. The van der Waals surface area contributed by atoms with Gasteiger partial charge in [-0.25, -0.2) is 4.98 Å². The summed E-state index contributed by atoms with van der Waals surface area (Å²) in [6.45, 7) is 10.8. The van der Waals surface area contributed by atoms with E-state index in [1.165, 1.54) is 0 Å². The summed E-state index contributed by atoms with van der Waals surface area (Å²) in [6.07, 6.45) is 0.677. The molecule has 1 N–H and O–H groups in total. The Morgan fingerprint density at radius 1 is 1.38 bits per heavy atom. The molecule has 0 saturated carbocycles. The second-order valence-corrected chi connectivity index (χ2v) is 7.16. The molecular formula is C18H25N3O2S. The minimum Gasteiger partial charge on any atom is -0.351 e. The van der Waals surface area contributed by atoms with Gasteiger partial charge in [-0.3, -0.25) is 9.59 Å². The molecule has 0 aliphatic heterocycles. The van der Waals surface area contributed by atoms with Gasteiger partial charge in [0.25, 0.3) is 11.5 Å². The van der Waals surface area contributed by atoms with Crippen LogP contribution in [0.15, 0.2) is 16.2 Å². The van der Waals surface area contributed by atoms with Crippen LogP contribution in [0.2, 0.25) is 0 Å². The van der Waals surface area contributed by atoms with E-state index in [4.69, 9.17) is 0 Å². The molecule has 2 aromatic heterocycles. The monoisotopic (exact) mass is 347 g/mol. The Hall–Kier alpha value is -1.95. The molecule has 0 fully saturated rings. The number of aryl methyl sites for hydroxylation is 2. The van der Waals surface area contributed by atoms with Crippen LogP contribution in [0, 0.1) is 13.8 Å². The van der Waals surface area contributed by atoms with Gasteiger partial charge in [0.05, 0.1) is 10.7 Å². The molecule has 0 spiro atoms. The van der Waals surface area contributed by atoms with Crippen molar-refractivity contribution < 1.29 is 4.79 Å². The highest BCUT2D eigenvalue weighted by molar-refractivity contribution is 7.09. The number of nitrogens with one attached hydrogen (secondary N) is 1. The van der Waals surface area contributed by atoms with Crippen LogP contribution >= 0.6 is 11.3 Å². The van der Waals surface area contributed by atoms with Gasteiger partial charge in [0.15, 0.2) is 0 Å². The van der Waals surface area contributed by atoms with Crippen molar-refractivity contribution in [2.75, 3.05) is 6.54 Å². The molecule has 1 amide bonds. The van der Waals surface area contributed by atoms with Crippen molar-refractivity contribution in [2.45, 2.75) is 53.5 Å². The zero-order chi connectivity index (χ0) is 17.9. The average Bonchev–Trinajstić information content (AvgIpc) is 2.96. The number of hydrogen-bond donors (Lipinski definition) is 1. The SMILES string of the molecule is CCn1c(C)cc(C)c(C(=O)NCCc2nc(C(C)C)cs2)c1=O. The van der Waals surface area contributed by atoms with Crippen molar-refractivity contribution in [3.8, 4) is 0 Å². The number of hydrogen-bond acceptors (Lipinski definition) is 4. The largest absolute Gasteiger partial charge is 0.351 e. The van der Waals surface area contributed by atoms with Gasteiger partial charge in [-0.1, -0.05) is 13.8 Å². The lowest BCUT2D eigenvalue weighted by molar-refractivity contribution is 0.0951. The highest BCUT2D eigenvalue weighted by atomic mass is 32.1. The molecule has 2 heterocycles. The zero-order valence-electron chi connectivity index (χ0n) is 15.0. The number of nitrogens with zero attached hydrogens (tertiary/aromatic N) is 2. The van der Waals surface area contributed by atoms with E-state index >= 15 is 0 Å². The number of carbonyl (C=O) groups is 1. The van der Waals surface area contributed by atoms with Crippen molar-refractivity contribution in [1.29, 1.82) is 0 Å². The lowest BCUT2D eigenvalue weighted by atomic mass is 10.1. The van der Waals surface area contributed by atoms with E-state index in [1.807, 2.05) is 19.9 Å². The number of thiazole rings is 1. The Labute approximate surface area is 146 Å². The lowest BCUT2D eigenvalue weighted by Crippen LogP contribution is -2.35. The lowest BCUT2D eigenvalue weighted by Gasteiger charge is -2.12. The van der Waals surface area contributed by atoms with E-state index in [-0.39, 0.29) is 17.0 Å². The first kappa shape index (κ1) is 18.4. The molecule has 0 atom stereocenters. The maximum atomic E-state index is 12.5. The third kappa shape index (κ3) is 3.93. The average molecular weight is 347 g/mol. The van der Waals surface area contributed by atoms with Gasteiger partial charge in [0.2, 0.25) is 0 Å². The Balaban J connectivity index is 2.06. The van der Waals surface area contributed by atoms with Gasteiger partial charge >= 0.3 is 0 Å². The summed E-state index contributed by atoms with van der Waals surface area (Å²) >= 11 is 1.61. The molecule has 2 aromatic rings. The molecule has 2 rings (SSSR count). The first-order valence-electron chi connectivity index (χ1n) is 8.28. The van der Waals surface area contributed by atoms with Gasteiger partial charge in [0.1, 0.15) is 5.56 Å². The fourth-order valence-electron chi connectivity index (χ4n) is 2.67. The summed E-state index contributed by atoms with van der Waals surface area (Å²) < 4.78 is 1.62. The van der Waals surface area contributed by atoms with E-state index in [0.29, 0.717) is 25.4 Å². The number of amides is 1. The highest BCUT2D eigenvalue weighted by Crippen LogP contribution is 2.17. The topological polar surface area (TPSA) is 64.0 Å². The summed E-state index contributed by atoms with van der Waals surface area (Å²) in [4.78, 5) is 29.5. The van der Waals surface area contributed by atoms with E-state index in [0.717, 1.165) is 22.0 Å². The van der Waals surface area contributed by atoms with E-state index in [2.05, 4.69) is 29.5 Å². The molecule has 130 valence electrons. The maximum absolute atomic E-state index is 12.5. The molecule has 5 nitrogen and oxygen atoms in total. The first-order chi connectivity index (χ1) is 11.3. The van der Waals surface area contributed by atoms with Gasteiger partial charge in [-0.2, -0.15) is 0 Å². The smallest absolute Gasteiger partial charge is 0.263 e. The summed E-state index contributed by atoms with van der Waals surface area (Å²) in [6, 6.07) is 1.88. The second-order valence-electron chi connectivity index (χ2n) is 6.22. The molecule has 24 heavy (non-hydrogen) atoms. The number of rotatable bonds is 6. The maximum Gasteiger partial charge on any atom is 0.263 e. The Morgan fingerprint density at radius 3 is 2.67 bits per heavy atom. The summed E-state index contributed by atoms with van der Waals surface area (Å²) in [5, 5.41) is 5.92. The van der Waals surface area contributed by atoms with Crippen molar-refractivity contribution >= 4 is 17.2 Å². The fourth-order valence-corrected chi connectivity index (χ4v) is 3.63. The van der Waals surface area contributed by atoms with E-state index in [1.54, 1.807) is 22.8 Å². The van der Waals surface area contributed by atoms with Crippen molar-refractivity contribution in [3.63, 3.8) is 0 Å². The minimum absolute atomic E-state index is 0.219. The predicted molar refractivity (Wildman–Crippen MR) is 98.1 cm³/mol. The van der Waals surface area contributed by atoms with Gasteiger partial charge in [0, 0.05) is 30.6 Å². The van der Waals surface area contributed by atoms with Crippen molar-refractivity contribution in [2.24, 2.45) is 0 Å². The standard InChI is InChI=1S/C18H25N3O2S/c1-6-21-13(5)9-12(4)16(18(21)23)17(22)19-8-7-15-20-14(10-24-15)11(2)3/h9-11H,6-8H2,1-5H3,(H,19,22). The molecular weight excluding hydrogens is 322 g/mol. The van der Waals surface area contributed by atoms with E-state index in [9.17, 15) is 9.59 Å². The van der Waals surface area contributed by atoms with Gasteiger partial charge in [-0.15, -0.1) is 11.3 Å². The third-order valence-corrected chi connectivity index (χ3v) is 4.96. The highest BCUT2D eigenvalue weighted by Gasteiger charge is 2.16. The van der Waals surface area contributed by atoms with Gasteiger partial charge in [-0.05, 0) is 38.3 Å². The Kier molecular flexibility index (Phi) is 5.94. The van der Waals surface area contributed by atoms with Crippen LogP contribution in [0.25, 0.3) is 0 Å². The molecule has 6 heteroatoms. The van der Waals surface area contributed by atoms with Crippen molar-refractivity contribution in [3.05, 3.63) is 49.3 Å². The summed E-state index contributed by atoms with van der Waals surface area (Å²) in [5.41, 5.74) is 2.70.